The van der Waals surface area contributed by atoms with Gasteiger partial charge in [0.2, 0.25) is 0 Å². The van der Waals surface area contributed by atoms with Crippen LogP contribution in [-0.2, 0) is 7.05 Å². The number of nitrogens with zero attached hydrogens (tertiary/aromatic N) is 2. The number of methoxy groups -OCH3 is 2. The zero-order valence-electron chi connectivity index (χ0n) is 12.4. The molecule has 0 amide bonds. The lowest BCUT2D eigenvalue weighted by atomic mass is 10.0. The van der Waals surface area contributed by atoms with Gasteiger partial charge in [0.05, 0.1) is 26.0 Å². The Hall–Kier alpha value is -2.01. The molecule has 1 N–H and O–H groups in total. The summed E-state index contributed by atoms with van der Waals surface area (Å²) in [6, 6.07) is 7.84. The van der Waals surface area contributed by atoms with Crippen molar-refractivity contribution in [3.8, 4) is 11.5 Å². The van der Waals surface area contributed by atoms with Crippen molar-refractivity contribution in [2.24, 2.45) is 7.05 Å². The number of ether oxygens (including phenoxy) is 2. The highest BCUT2D eigenvalue weighted by atomic mass is 16.5. The van der Waals surface area contributed by atoms with Crippen molar-refractivity contribution in [2.45, 2.75) is 13.0 Å². The standard InChI is InChI=1S/C15H21N3O2/c1-5-16-15(13-8-9-17-18(13)2)12-10-11(19-3)6-7-14(12)20-4/h6-10,15-16H,5H2,1-4H3. The number of nitrogens with one attached hydrogen (secondary N) is 1. The summed E-state index contributed by atoms with van der Waals surface area (Å²) >= 11 is 0. The molecule has 1 unspecified atom stereocenters. The lowest BCUT2D eigenvalue weighted by molar-refractivity contribution is 0.392. The summed E-state index contributed by atoms with van der Waals surface area (Å²) in [5.41, 5.74) is 2.12. The van der Waals surface area contributed by atoms with E-state index in [1.165, 1.54) is 0 Å². The van der Waals surface area contributed by atoms with Crippen LogP contribution in [0, 0.1) is 0 Å². The zero-order valence-corrected chi connectivity index (χ0v) is 12.4. The van der Waals surface area contributed by atoms with Crippen LogP contribution in [0.1, 0.15) is 24.2 Å². The molecule has 2 aromatic rings. The van der Waals surface area contributed by atoms with Crippen LogP contribution in [0.5, 0.6) is 11.5 Å². The third kappa shape index (κ3) is 2.77. The van der Waals surface area contributed by atoms with Gasteiger partial charge in [-0.2, -0.15) is 5.10 Å². The molecular formula is C15H21N3O2. The monoisotopic (exact) mass is 275 g/mol. The van der Waals surface area contributed by atoms with Crippen molar-refractivity contribution in [2.75, 3.05) is 20.8 Å². The van der Waals surface area contributed by atoms with Crippen molar-refractivity contribution in [3.63, 3.8) is 0 Å². The van der Waals surface area contributed by atoms with Crippen LogP contribution in [-0.4, -0.2) is 30.5 Å². The average molecular weight is 275 g/mol. The van der Waals surface area contributed by atoms with Crippen LogP contribution in [0.4, 0.5) is 0 Å². The van der Waals surface area contributed by atoms with Gasteiger partial charge in [-0.25, -0.2) is 0 Å². The fraction of sp³-hybridized carbons (Fsp3) is 0.400. The Balaban J connectivity index is 2.50. The van der Waals surface area contributed by atoms with Gasteiger partial charge in [-0.15, -0.1) is 0 Å². The van der Waals surface area contributed by atoms with E-state index in [2.05, 4.69) is 17.3 Å². The molecule has 0 aliphatic carbocycles. The van der Waals surface area contributed by atoms with Crippen molar-refractivity contribution in [1.82, 2.24) is 15.1 Å². The molecule has 1 heterocycles. The van der Waals surface area contributed by atoms with Gasteiger partial charge in [0.15, 0.2) is 0 Å². The molecule has 0 spiro atoms. The number of hydrogen-bond acceptors (Lipinski definition) is 4. The summed E-state index contributed by atoms with van der Waals surface area (Å²) in [5, 5.41) is 7.72. The summed E-state index contributed by atoms with van der Waals surface area (Å²) < 4.78 is 12.7. The number of aryl methyl sites for hydroxylation is 1. The molecule has 2 rings (SSSR count). The summed E-state index contributed by atoms with van der Waals surface area (Å²) in [7, 11) is 5.28. The van der Waals surface area contributed by atoms with Crippen LogP contribution in [0.25, 0.3) is 0 Å². The maximum atomic E-state index is 5.48. The van der Waals surface area contributed by atoms with Crippen molar-refractivity contribution in [3.05, 3.63) is 41.7 Å². The molecule has 5 heteroatoms. The topological polar surface area (TPSA) is 48.3 Å². The number of benzene rings is 1. The minimum Gasteiger partial charge on any atom is -0.497 e. The summed E-state index contributed by atoms with van der Waals surface area (Å²) in [4.78, 5) is 0. The Labute approximate surface area is 119 Å². The predicted molar refractivity (Wildman–Crippen MR) is 78.3 cm³/mol. The van der Waals surface area contributed by atoms with Gasteiger partial charge in [-0.3, -0.25) is 4.68 Å². The van der Waals surface area contributed by atoms with Crippen LogP contribution in [0.3, 0.4) is 0 Å². The lowest BCUT2D eigenvalue weighted by Crippen LogP contribution is -2.24. The SMILES string of the molecule is CCNC(c1cc(OC)ccc1OC)c1ccnn1C. The van der Waals surface area contributed by atoms with Gasteiger partial charge in [-0.05, 0) is 30.8 Å². The molecule has 0 saturated heterocycles. The second-order valence-corrected chi connectivity index (χ2v) is 4.48. The van der Waals surface area contributed by atoms with Crippen molar-refractivity contribution >= 4 is 0 Å². The van der Waals surface area contributed by atoms with E-state index in [0.29, 0.717) is 0 Å². The van der Waals surface area contributed by atoms with E-state index in [1.54, 1.807) is 20.4 Å². The highest BCUT2D eigenvalue weighted by Gasteiger charge is 2.20. The number of aromatic nitrogens is 2. The first-order valence-electron chi connectivity index (χ1n) is 6.64. The molecule has 1 aromatic carbocycles. The minimum absolute atomic E-state index is 0.0116. The lowest BCUT2D eigenvalue weighted by Gasteiger charge is -2.21. The van der Waals surface area contributed by atoms with Crippen LogP contribution < -0.4 is 14.8 Å². The highest BCUT2D eigenvalue weighted by molar-refractivity contribution is 5.45. The summed E-state index contributed by atoms with van der Waals surface area (Å²) in [6.07, 6.45) is 1.80. The molecule has 1 aromatic heterocycles. The largest absolute Gasteiger partial charge is 0.497 e. The van der Waals surface area contributed by atoms with Crippen LogP contribution in [0.15, 0.2) is 30.5 Å². The molecule has 5 nitrogen and oxygen atoms in total. The van der Waals surface area contributed by atoms with Gasteiger partial charge in [-0.1, -0.05) is 6.92 Å². The fourth-order valence-electron chi connectivity index (χ4n) is 2.31. The quantitative estimate of drug-likeness (QED) is 0.877. The van der Waals surface area contributed by atoms with Crippen LogP contribution in [0.2, 0.25) is 0 Å². The van der Waals surface area contributed by atoms with Gasteiger partial charge < -0.3 is 14.8 Å². The Morgan fingerprint density at radius 1 is 1.25 bits per heavy atom. The van der Waals surface area contributed by atoms with E-state index in [1.807, 2.05) is 36.0 Å². The normalized spacial score (nSPS) is 12.2. The molecule has 1 atom stereocenters. The molecule has 0 aliphatic rings. The zero-order chi connectivity index (χ0) is 14.5. The van der Waals surface area contributed by atoms with E-state index >= 15 is 0 Å². The first-order chi connectivity index (χ1) is 9.71. The Kier molecular flexibility index (Phi) is 4.63. The Morgan fingerprint density at radius 3 is 2.60 bits per heavy atom. The second-order valence-electron chi connectivity index (χ2n) is 4.48. The Bertz CT molecular complexity index is 566. The van der Waals surface area contributed by atoms with Gasteiger partial charge in [0, 0.05) is 18.8 Å². The van der Waals surface area contributed by atoms with Gasteiger partial charge >= 0.3 is 0 Å². The number of hydrogen-bond donors (Lipinski definition) is 1. The first-order valence-corrected chi connectivity index (χ1v) is 6.64. The maximum absolute atomic E-state index is 5.48. The minimum atomic E-state index is 0.0116. The summed E-state index contributed by atoms with van der Waals surface area (Å²) in [6.45, 7) is 2.92. The molecule has 108 valence electrons. The van der Waals surface area contributed by atoms with E-state index in [0.717, 1.165) is 29.3 Å². The fourth-order valence-corrected chi connectivity index (χ4v) is 2.31. The van der Waals surface area contributed by atoms with Crippen molar-refractivity contribution < 1.29 is 9.47 Å². The molecule has 0 fully saturated rings. The first kappa shape index (κ1) is 14.4. The van der Waals surface area contributed by atoms with E-state index in [-0.39, 0.29) is 6.04 Å². The Morgan fingerprint density at radius 2 is 2.05 bits per heavy atom. The van der Waals surface area contributed by atoms with Crippen LogP contribution >= 0.6 is 0 Å². The molecule has 0 saturated carbocycles. The third-order valence-corrected chi connectivity index (χ3v) is 3.31. The molecule has 0 bridgehead atoms. The molecule has 0 aliphatic heterocycles. The third-order valence-electron chi connectivity index (χ3n) is 3.31. The van der Waals surface area contributed by atoms with Crippen molar-refractivity contribution in [1.29, 1.82) is 0 Å². The van der Waals surface area contributed by atoms with E-state index < -0.39 is 0 Å². The molecule has 0 radical (unpaired) electrons. The average Bonchev–Trinajstić information content (AvgIpc) is 2.90. The number of rotatable bonds is 6. The summed E-state index contributed by atoms with van der Waals surface area (Å²) in [5.74, 6) is 1.64. The van der Waals surface area contributed by atoms with Gasteiger partial charge in [0.1, 0.15) is 11.5 Å². The smallest absolute Gasteiger partial charge is 0.124 e. The second kappa shape index (κ2) is 6.43. The molecule has 20 heavy (non-hydrogen) atoms. The van der Waals surface area contributed by atoms with E-state index in [9.17, 15) is 0 Å². The molecular weight excluding hydrogens is 254 g/mol. The maximum Gasteiger partial charge on any atom is 0.124 e. The van der Waals surface area contributed by atoms with E-state index in [4.69, 9.17) is 9.47 Å². The highest BCUT2D eigenvalue weighted by Crippen LogP contribution is 2.32. The van der Waals surface area contributed by atoms with Gasteiger partial charge in [0.25, 0.3) is 0 Å². The predicted octanol–water partition coefficient (Wildman–Crippen LogP) is 2.14.